The monoisotopic (exact) mass is 357 g/mol. The molecule has 128 valence electrons. The van der Waals surface area contributed by atoms with Gasteiger partial charge in [-0.1, -0.05) is 23.7 Å². The molecule has 6 nitrogen and oxygen atoms in total. The molecule has 0 aliphatic heterocycles. The van der Waals surface area contributed by atoms with Crippen molar-refractivity contribution in [2.24, 2.45) is 0 Å². The Hall–Kier alpha value is -2.86. The SMILES string of the molecule is CCOC(=O)c1nc2ccccc2nc1Nc1cc(Cl)ccc1OC. The number of carbonyl (C=O) groups is 1. The third-order valence-corrected chi connectivity index (χ3v) is 3.69. The van der Waals surface area contributed by atoms with Crippen molar-refractivity contribution >= 4 is 40.1 Å². The second kappa shape index (κ2) is 7.36. The maximum Gasteiger partial charge on any atom is 0.360 e. The van der Waals surface area contributed by atoms with Crippen molar-refractivity contribution in [1.82, 2.24) is 9.97 Å². The van der Waals surface area contributed by atoms with Gasteiger partial charge in [-0.05, 0) is 37.3 Å². The number of anilines is 2. The molecule has 1 heterocycles. The topological polar surface area (TPSA) is 73.3 Å². The molecule has 0 aliphatic rings. The van der Waals surface area contributed by atoms with Gasteiger partial charge in [0.25, 0.3) is 0 Å². The third kappa shape index (κ3) is 3.64. The van der Waals surface area contributed by atoms with E-state index in [1.807, 2.05) is 18.2 Å². The number of nitrogens with one attached hydrogen (secondary N) is 1. The summed E-state index contributed by atoms with van der Waals surface area (Å²) in [4.78, 5) is 21.2. The number of carbonyl (C=O) groups excluding carboxylic acids is 1. The Labute approximate surface area is 149 Å². The molecule has 3 rings (SSSR count). The molecule has 0 unspecified atom stereocenters. The first kappa shape index (κ1) is 17.0. The standard InChI is InChI=1S/C18H16ClN3O3/c1-3-25-18(23)16-17(21-13-7-5-4-6-12(13)20-16)22-14-10-11(19)8-9-15(14)24-2/h4-10H,3H2,1-2H3,(H,21,22). The van der Waals surface area contributed by atoms with E-state index in [1.54, 1.807) is 38.3 Å². The predicted molar refractivity (Wildman–Crippen MR) is 96.8 cm³/mol. The maximum atomic E-state index is 12.3. The van der Waals surface area contributed by atoms with Gasteiger partial charge in [0.1, 0.15) is 5.75 Å². The number of hydrogen-bond donors (Lipinski definition) is 1. The Bertz CT molecular complexity index is 931. The smallest absolute Gasteiger partial charge is 0.360 e. The molecule has 0 spiro atoms. The second-order valence-corrected chi connectivity index (χ2v) is 5.54. The van der Waals surface area contributed by atoms with Crippen LogP contribution in [0.15, 0.2) is 42.5 Å². The van der Waals surface area contributed by atoms with Gasteiger partial charge in [0.2, 0.25) is 0 Å². The van der Waals surface area contributed by atoms with Crippen molar-refractivity contribution in [2.75, 3.05) is 19.0 Å². The number of fused-ring (bicyclic) bond motifs is 1. The van der Waals surface area contributed by atoms with Crippen LogP contribution in [-0.4, -0.2) is 29.7 Å². The van der Waals surface area contributed by atoms with E-state index in [0.717, 1.165) is 0 Å². The van der Waals surface area contributed by atoms with Crippen LogP contribution in [0.3, 0.4) is 0 Å². The Balaban J connectivity index is 2.12. The molecular formula is C18H16ClN3O3. The average Bonchev–Trinajstić information content (AvgIpc) is 2.61. The minimum absolute atomic E-state index is 0.0996. The van der Waals surface area contributed by atoms with Crippen molar-refractivity contribution in [3.8, 4) is 5.75 Å². The number of halogens is 1. The molecule has 0 saturated heterocycles. The highest BCUT2D eigenvalue weighted by atomic mass is 35.5. The summed E-state index contributed by atoms with van der Waals surface area (Å²) in [6, 6.07) is 12.4. The minimum Gasteiger partial charge on any atom is -0.495 e. The van der Waals surface area contributed by atoms with Gasteiger partial charge in [0.15, 0.2) is 11.5 Å². The van der Waals surface area contributed by atoms with E-state index in [9.17, 15) is 4.79 Å². The molecule has 1 N–H and O–H groups in total. The number of benzene rings is 2. The van der Waals surface area contributed by atoms with Gasteiger partial charge in [-0.15, -0.1) is 0 Å². The summed E-state index contributed by atoms with van der Waals surface area (Å²) in [7, 11) is 1.55. The summed E-state index contributed by atoms with van der Waals surface area (Å²) in [5.74, 6) is 0.288. The molecule has 0 amide bonds. The van der Waals surface area contributed by atoms with Crippen LogP contribution in [0.4, 0.5) is 11.5 Å². The molecular weight excluding hydrogens is 342 g/mol. The molecule has 0 fully saturated rings. The van der Waals surface area contributed by atoms with Crippen molar-refractivity contribution < 1.29 is 14.3 Å². The van der Waals surface area contributed by atoms with Gasteiger partial charge in [-0.2, -0.15) is 0 Å². The lowest BCUT2D eigenvalue weighted by molar-refractivity contribution is 0.0521. The van der Waals surface area contributed by atoms with E-state index >= 15 is 0 Å². The van der Waals surface area contributed by atoms with Crippen LogP contribution < -0.4 is 10.1 Å². The summed E-state index contributed by atoms with van der Waals surface area (Å²) in [6.07, 6.45) is 0. The third-order valence-electron chi connectivity index (χ3n) is 3.45. The summed E-state index contributed by atoms with van der Waals surface area (Å²) in [5, 5.41) is 3.60. The van der Waals surface area contributed by atoms with Gasteiger partial charge in [0.05, 0.1) is 30.4 Å². The summed E-state index contributed by atoms with van der Waals surface area (Å²) < 4.78 is 10.4. The Morgan fingerprint density at radius 3 is 2.56 bits per heavy atom. The molecule has 0 atom stereocenters. The van der Waals surface area contributed by atoms with Gasteiger partial charge in [-0.25, -0.2) is 14.8 Å². The van der Waals surface area contributed by atoms with Crippen LogP contribution in [0.1, 0.15) is 17.4 Å². The van der Waals surface area contributed by atoms with Crippen LogP contribution >= 0.6 is 11.6 Å². The normalized spacial score (nSPS) is 10.5. The number of ether oxygens (including phenoxy) is 2. The van der Waals surface area contributed by atoms with Crippen LogP contribution in [0.25, 0.3) is 11.0 Å². The Kier molecular flexibility index (Phi) is 5.00. The summed E-state index contributed by atoms with van der Waals surface area (Å²) in [6.45, 7) is 1.98. The number of esters is 1. The van der Waals surface area contributed by atoms with E-state index in [0.29, 0.717) is 27.5 Å². The summed E-state index contributed by atoms with van der Waals surface area (Å²) >= 11 is 6.06. The van der Waals surface area contributed by atoms with E-state index < -0.39 is 5.97 Å². The van der Waals surface area contributed by atoms with Crippen LogP contribution in [0, 0.1) is 0 Å². The largest absolute Gasteiger partial charge is 0.495 e. The molecule has 3 aromatic rings. The van der Waals surface area contributed by atoms with Gasteiger partial charge < -0.3 is 14.8 Å². The molecule has 7 heteroatoms. The number of rotatable bonds is 5. The fourth-order valence-electron chi connectivity index (χ4n) is 2.33. The van der Waals surface area contributed by atoms with Crippen LogP contribution in [-0.2, 0) is 4.74 Å². The van der Waals surface area contributed by atoms with E-state index in [-0.39, 0.29) is 18.1 Å². The summed E-state index contributed by atoms with van der Waals surface area (Å²) in [5.41, 5.74) is 1.93. The first-order chi connectivity index (χ1) is 12.1. The Morgan fingerprint density at radius 1 is 1.16 bits per heavy atom. The highest BCUT2D eigenvalue weighted by Crippen LogP contribution is 2.31. The Morgan fingerprint density at radius 2 is 1.88 bits per heavy atom. The van der Waals surface area contributed by atoms with Gasteiger partial charge in [-0.3, -0.25) is 0 Å². The van der Waals surface area contributed by atoms with E-state index in [1.165, 1.54) is 0 Å². The molecule has 0 saturated carbocycles. The second-order valence-electron chi connectivity index (χ2n) is 5.10. The number of hydrogen-bond acceptors (Lipinski definition) is 6. The maximum absolute atomic E-state index is 12.3. The number of para-hydroxylation sites is 2. The average molecular weight is 358 g/mol. The highest BCUT2D eigenvalue weighted by Gasteiger charge is 2.19. The molecule has 0 radical (unpaired) electrons. The quantitative estimate of drug-likeness (QED) is 0.689. The lowest BCUT2D eigenvalue weighted by Gasteiger charge is -2.14. The van der Waals surface area contributed by atoms with Crippen molar-refractivity contribution in [2.45, 2.75) is 6.92 Å². The number of aromatic nitrogens is 2. The zero-order valence-electron chi connectivity index (χ0n) is 13.7. The van der Waals surface area contributed by atoms with Gasteiger partial charge >= 0.3 is 5.97 Å². The lowest BCUT2D eigenvalue weighted by Crippen LogP contribution is -2.12. The van der Waals surface area contributed by atoms with Crippen molar-refractivity contribution in [1.29, 1.82) is 0 Å². The van der Waals surface area contributed by atoms with Crippen molar-refractivity contribution in [3.05, 3.63) is 53.2 Å². The van der Waals surface area contributed by atoms with Crippen LogP contribution in [0.2, 0.25) is 5.02 Å². The lowest BCUT2D eigenvalue weighted by atomic mass is 10.2. The first-order valence-electron chi connectivity index (χ1n) is 7.67. The zero-order valence-corrected chi connectivity index (χ0v) is 14.5. The fraction of sp³-hybridized carbons (Fsp3) is 0.167. The zero-order chi connectivity index (χ0) is 17.8. The first-order valence-corrected chi connectivity index (χ1v) is 8.04. The van der Waals surface area contributed by atoms with E-state index in [2.05, 4.69) is 15.3 Å². The minimum atomic E-state index is -0.552. The molecule has 0 aliphatic carbocycles. The van der Waals surface area contributed by atoms with Crippen LogP contribution in [0.5, 0.6) is 5.75 Å². The molecule has 25 heavy (non-hydrogen) atoms. The number of nitrogens with zero attached hydrogens (tertiary/aromatic N) is 2. The highest BCUT2D eigenvalue weighted by molar-refractivity contribution is 6.31. The van der Waals surface area contributed by atoms with Crippen molar-refractivity contribution in [3.63, 3.8) is 0 Å². The van der Waals surface area contributed by atoms with E-state index in [4.69, 9.17) is 21.1 Å². The molecule has 1 aromatic heterocycles. The number of methoxy groups -OCH3 is 1. The predicted octanol–water partition coefficient (Wildman–Crippen LogP) is 4.21. The molecule has 0 bridgehead atoms. The van der Waals surface area contributed by atoms with Gasteiger partial charge in [0, 0.05) is 5.02 Å². The molecule has 2 aromatic carbocycles. The fourth-order valence-corrected chi connectivity index (χ4v) is 2.51.